The van der Waals surface area contributed by atoms with Gasteiger partial charge in [-0.3, -0.25) is 0 Å². The normalized spacial score (nSPS) is 11.7. The van der Waals surface area contributed by atoms with Crippen LogP contribution in [0.15, 0.2) is 29.4 Å². The quantitative estimate of drug-likeness (QED) is 0.243. The van der Waals surface area contributed by atoms with E-state index in [4.69, 9.17) is 20.4 Å². The van der Waals surface area contributed by atoms with Gasteiger partial charge in [0.2, 0.25) is 0 Å². The van der Waals surface area contributed by atoms with Crippen molar-refractivity contribution < 1.29 is 14.7 Å². The Labute approximate surface area is 107 Å². The molecule has 1 rings (SSSR count). The fourth-order valence-corrected chi connectivity index (χ4v) is 1.38. The standard InChI is InChI=1S/C13H20N2O3/c1-2-7-17-8-9-18-10-11-3-5-12(6-4-11)13(14)15-16/h3-6,16H,2,7-10H2,1H3,(H2,14,15). The highest BCUT2D eigenvalue weighted by Gasteiger charge is 1.99. The monoisotopic (exact) mass is 252 g/mol. The molecule has 0 atom stereocenters. The minimum absolute atomic E-state index is 0.107. The highest BCUT2D eigenvalue weighted by molar-refractivity contribution is 5.96. The van der Waals surface area contributed by atoms with Gasteiger partial charge in [0.05, 0.1) is 19.8 Å². The number of oxime groups is 1. The van der Waals surface area contributed by atoms with E-state index in [1.54, 1.807) is 12.1 Å². The first-order chi connectivity index (χ1) is 8.77. The lowest BCUT2D eigenvalue weighted by Gasteiger charge is -2.06. The summed E-state index contributed by atoms with van der Waals surface area (Å²) in [7, 11) is 0. The van der Waals surface area contributed by atoms with Crippen LogP contribution in [0.3, 0.4) is 0 Å². The van der Waals surface area contributed by atoms with Crippen LogP contribution in [-0.4, -0.2) is 30.9 Å². The van der Waals surface area contributed by atoms with Gasteiger partial charge in [0.25, 0.3) is 0 Å². The first-order valence-corrected chi connectivity index (χ1v) is 6.00. The Morgan fingerprint density at radius 1 is 1.17 bits per heavy atom. The molecule has 0 aliphatic rings. The van der Waals surface area contributed by atoms with E-state index < -0.39 is 0 Å². The number of nitrogens with two attached hydrogens (primary N) is 1. The van der Waals surface area contributed by atoms with Crippen LogP contribution in [0.4, 0.5) is 0 Å². The predicted molar refractivity (Wildman–Crippen MR) is 69.7 cm³/mol. The van der Waals surface area contributed by atoms with Crippen LogP contribution in [0, 0.1) is 0 Å². The Balaban J connectivity index is 2.27. The van der Waals surface area contributed by atoms with Gasteiger partial charge in [0.15, 0.2) is 5.84 Å². The highest BCUT2D eigenvalue weighted by Crippen LogP contribution is 2.05. The molecule has 0 fully saturated rings. The van der Waals surface area contributed by atoms with Crippen LogP contribution < -0.4 is 5.73 Å². The maximum Gasteiger partial charge on any atom is 0.170 e. The minimum Gasteiger partial charge on any atom is -0.409 e. The summed E-state index contributed by atoms with van der Waals surface area (Å²) in [6, 6.07) is 7.36. The Bertz CT molecular complexity index is 363. The summed E-state index contributed by atoms with van der Waals surface area (Å²) in [4.78, 5) is 0. The molecule has 0 radical (unpaired) electrons. The van der Waals surface area contributed by atoms with Gasteiger partial charge >= 0.3 is 0 Å². The zero-order chi connectivity index (χ0) is 13.2. The Morgan fingerprint density at radius 2 is 1.83 bits per heavy atom. The van der Waals surface area contributed by atoms with Crippen molar-refractivity contribution in [3.05, 3.63) is 35.4 Å². The van der Waals surface area contributed by atoms with Crippen molar-refractivity contribution in [2.45, 2.75) is 20.0 Å². The van der Waals surface area contributed by atoms with Gasteiger partial charge < -0.3 is 20.4 Å². The average Bonchev–Trinajstić information content (AvgIpc) is 2.42. The molecule has 18 heavy (non-hydrogen) atoms. The smallest absolute Gasteiger partial charge is 0.170 e. The number of nitrogens with zero attached hydrogens (tertiary/aromatic N) is 1. The zero-order valence-corrected chi connectivity index (χ0v) is 10.6. The molecule has 0 bridgehead atoms. The number of rotatable bonds is 8. The number of amidine groups is 1. The Morgan fingerprint density at radius 3 is 2.44 bits per heavy atom. The second-order valence-electron chi connectivity index (χ2n) is 3.85. The molecule has 0 aromatic heterocycles. The molecule has 0 saturated carbocycles. The van der Waals surface area contributed by atoms with E-state index in [-0.39, 0.29) is 5.84 Å². The predicted octanol–water partition coefficient (Wildman–Crippen LogP) is 1.72. The lowest BCUT2D eigenvalue weighted by Crippen LogP contribution is -2.12. The van der Waals surface area contributed by atoms with Gasteiger partial charge in [0.1, 0.15) is 0 Å². The van der Waals surface area contributed by atoms with Crippen molar-refractivity contribution in [1.29, 1.82) is 0 Å². The van der Waals surface area contributed by atoms with E-state index in [2.05, 4.69) is 12.1 Å². The molecule has 1 aromatic carbocycles. The molecule has 3 N–H and O–H groups in total. The molecular weight excluding hydrogens is 232 g/mol. The number of benzene rings is 1. The van der Waals surface area contributed by atoms with Gasteiger partial charge in [-0.2, -0.15) is 0 Å². The van der Waals surface area contributed by atoms with Crippen molar-refractivity contribution in [1.82, 2.24) is 0 Å². The van der Waals surface area contributed by atoms with Gasteiger partial charge in [-0.1, -0.05) is 36.3 Å². The SMILES string of the molecule is CCCOCCOCc1ccc(C(N)=NO)cc1. The van der Waals surface area contributed by atoms with Crippen LogP contribution in [0.25, 0.3) is 0 Å². The van der Waals surface area contributed by atoms with Crippen LogP contribution >= 0.6 is 0 Å². The van der Waals surface area contributed by atoms with Crippen LogP contribution in [0.5, 0.6) is 0 Å². The van der Waals surface area contributed by atoms with Gasteiger partial charge in [-0.15, -0.1) is 0 Å². The average molecular weight is 252 g/mol. The third kappa shape index (κ3) is 5.16. The van der Waals surface area contributed by atoms with E-state index in [0.717, 1.165) is 18.6 Å². The summed E-state index contributed by atoms with van der Waals surface area (Å²) in [6.07, 6.45) is 1.02. The van der Waals surface area contributed by atoms with Crippen molar-refractivity contribution in [2.75, 3.05) is 19.8 Å². The summed E-state index contributed by atoms with van der Waals surface area (Å²) in [6.45, 7) is 4.59. The van der Waals surface area contributed by atoms with Crippen molar-refractivity contribution >= 4 is 5.84 Å². The molecule has 5 heteroatoms. The van der Waals surface area contributed by atoms with Crippen molar-refractivity contribution in [3.63, 3.8) is 0 Å². The van der Waals surface area contributed by atoms with E-state index in [1.165, 1.54) is 0 Å². The van der Waals surface area contributed by atoms with Gasteiger partial charge in [-0.05, 0) is 12.0 Å². The molecule has 1 aromatic rings. The Hall–Kier alpha value is -1.59. The maximum absolute atomic E-state index is 8.53. The maximum atomic E-state index is 8.53. The summed E-state index contributed by atoms with van der Waals surface area (Å²) >= 11 is 0. The molecule has 0 heterocycles. The van der Waals surface area contributed by atoms with Crippen molar-refractivity contribution in [3.8, 4) is 0 Å². The van der Waals surface area contributed by atoms with Crippen LogP contribution in [0.1, 0.15) is 24.5 Å². The lowest BCUT2D eigenvalue weighted by atomic mass is 10.1. The molecule has 0 amide bonds. The topological polar surface area (TPSA) is 77.1 Å². The largest absolute Gasteiger partial charge is 0.409 e. The number of hydrogen-bond donors (Lipinski definition) is 2. The summed E-state index contributed by atoms with van der Waals surface area (Å²) in [5.41, 5.74) is 7.19. The number of ether oxygens (including phenoxy) is 2. The highest BCUT2D eigenvalue weighted by atomic mass is 16.5. The van der Waals surface area contributed by atoms with E-state index in [9.17, 15) is 0 Å². The third-order valence-corrected chi connectivity index (χ3v) is 2.35. The number of hydrogen-bond acceptors (Lipinski definition) is 4. The minimum atomic E-state index is 0.107. The van der Waals surface area contributed by atoms with Gasteiger partial charge in [0, 0.05) is 12.2 Å². The van der Waals surface area contributed by atoms with E-state index in [0.29, 0.717) is 25.4 Å². The summed E-state index contributed by atoms with van der Waals surface area (Å²) in [5, 5.41) is 11.5. The lowest BCUT2D eigenvalue weighted by molar-refractivity contribution is 0.0408. The third-order valence-electron chi connectivity index (χ3n) is 2.35. The van der Waals surface area contributed by atoms with Crippen molar-refractivity contribution in [2.24, 2.45) is 10.9 Å². The molecular formula is C13H20N2O3. The zero-order valence-electron chi connectivity index (χ0n) is 10.6. The summed E-state index contributed by atoms with van der Waals surface area (Å²) in [5.74, 6) is 0.107. The first-order valence-electron chi connectivity index (χ1n) is 6.00. The van der Waals surface area contributed by atoms with Crippen LogP contribution in [0.2, 0.25) is 0 Å². The van der Waals surface area contributed by atoms with E-state index in [1.807, 2.05) is 12.1 Å². The second kappa shape index (κ2) is 8.49. The second-order valence-corrected chi connectivity index (χ2v) is 3.85. The fraction of sp³-hybridized carbons (Fsp3) is 0.462. The molecule has 0 unspecified atom stereocenters. The molecule has 100 valence electrons. The Kier molecular flexibility index (Phi) is 6.83. The molecule has 5 nitrogen and oxygen atoms in total. The first kappa shape index (κ1) is 14.5. The molecule has 0 spiro atoms. The molecule has 0 aliphatic heterocycles. The van der Waals surface area contributed by atoms with E-state index >= 15 is 0 Å². The summed E-state index contributed by atoms with van der Waals surface area (Å²) < 4.78 is 10.8. The van der Waals surface area contributed by atoms with Crippen LogP contribution in [-0.2, 0) is 16.1 Å². The molecule has 0 saturated heterocycles. The fourth-order valence-electron chi connectivity index (χ4n) is 1.38. The molecule has 0 aliphatic carbocycles. The van der Waals surface area contributed by atoms with Gasteiger partial charge in [-0.25, -0.2) is 0 Å².